The van der Waals surface area contributed by atoms with Gasteiger partial charge in [-0.15, -0.1) is 5.10 Å². The number of allylic oxidation sites excluding steroid dienone is 7. The van der Waals surface area contributed by atoms with E-state index < -0.39 is 10.1 Å². The molecule has 0 atom stereocenters. The number of thioether (sulfide) groups is 1. The summed E-state index contributed by atoms with van der Waals surface area (Å²) in [4.78, 5) is 3.46. The Morgan fingerprint density at radius 1 is 0.803 bits per heavy atom. The maximum atomic E-state index is 11.6. The average molecular weight is 1050 g/mol. The van der Waals surface area contributed by atoms with Crippen molar-refractivity contribution < 1.29 is 17.5 Å². The first-order valence-corrected chi connectivity index (χ1v) is 26.8. The van der Waals surface area contributed by atoms with Crippen LogP contribution >= 0.6 is 43.6 Å². The summed E-state index contributed by atoms with van der Waals surface area (Å²) in [6.07, 6.45) is 15.2. The van der Waals surface area contributed by atoms with Gasteiger partial charge >= 0.3 is 0 Å². The molecule has 5 aromatic carbocycles. The van der Waals surface area contributed by atoms with Gasteiger partial charge in [-0.3, -0.25) is 0 Å². The van der Waals surface area contributed by atoms with E-state index in [0.717, 1.165) is 68.5 Å². The van der Waals surface area contributed by atoms with Gasteiger partial charge in [0.05, 0.1) is 21.2 Å². The lowest BCUT2D eigenvalue weighted by Crippen LogP contribution is -2.28. The number of aromatic nitrogens is 4. The van der Waals surface area contributed by atoms with Crippen LogP contribution in [0.25, 0.3) is 27.2 Å². The molecule has 0 saturated carbocycles. The molecule has 0 N–H and O–H groups in total. The molecule has 0 fully saturated rings. The van der Waals surface area contributed by atoms with E-state index in [1.807, 2.05) is 35.0 Å². The van der Waals surface area contributed by atoms with Crippen molar-refractivity contribution in [1.29, 1.82) is 0 Å². The third kappa shape index (κ3) is 9.06. The molecule has 13 heteroatoms. The van der Waals surface area contributed by atoms with Gasteiger partial charge in [0.1, 0.15) is 6.54 Å². The standard InChI is InChI=1S/C53H54Br2N6O3S2/c1-6-7-11-30-59-44-26-18-37-33-39(54)22-24-42(37)48(44)52(2,3)46(59)28-20-35-16-17-36(50(35)65-51-56-57-58-61(51)41-14-9-8-10-15-41)21-29-47-53(4,5)49-43-25-23-40(55)34-38(43)19-27-45(49)60(47)31-12-13-32-66(62,63)64/h8-10,14-15,18-29,33-34H,6-7,11-13,16-17,30-32H2,1-5H3. The summed E-state index contributed by atoms with van der Waals surface area (Å²) < 4.78 is 41.3. The Morgan fingerprint density at radius 3 is 2.23 bits per heavy atom. The van der Waals surface area contributed by atoms with Crippen LogP contribution in [0.3, 0.4) is 0 Å². The second-order valence-electron chi connectivity index (χ2n) is 18.5. The fraction of sp³-hybridized carbons (Fsp3) is 0.321. The zero-order valence-corrected chi connectivity index (χ0v) is 42.8. The lowest BCUT2D eigenvalue weighted by atomic mass is 9.79. The van der Waals surface area contributed by atoms with Crippen molar-refractivity contribution in [3.8, 4) is 5.69 Å². The molecule has 3 aliphatic rings. The van der Waals surface area contributed by atoms with Crippen LogP contribution in [-0.2, 0) is 20.9 Å². The molecule has 3 heterocycles. The number of para-hydroxylation sites is 1. The minimum Gasteiger partial charge on any atom is -0.748 e. The lowest BCUT2D eigenvalue weighted by molar-refractivity contribution is -0.438. The van der Waals surface area contributed by atoms with E-state index >= 15 is 0 Å². The van der Waals surface area contributed by atoms with E-state index in [1.165, 1.54) is 56.3 Å². The monoisotopic (exact) mass is 1040 g/mol. The minimum atomic E-state index is -4.31. The van der Waals surface area contributed by atoms with Crippen LogP contribution in [-0.4, -0.2) is 62.3 Å². The van der Waals surface area contributed by atoms with Gasteiger partial charge in [-0.2, -0.15) is 9.26 Å². The molecule has 0 spiro atoms. The lowest BCUT2D eigenvalue weighted by Gasteiger charge is -2.27. The summed E-state index contributed by atoms with van der Waals surface area (Å²) in [6, 6.07) is 32.0. The first-order chi connectivity index (χ1) is 31.7. The number of tetrazole rings is 1. The van der Waals surface area contributed by atoms with Gasteiger partial charge in [-0.1, -0.05) is 108 Å². The summed E-state index contributed by atoms with van der Waals surface area (Å²) in [5.41, 5.74) is 10.1. The molecule has 6 aromatic rings. The van der Waals surface area contributed by atoms with Gasteiger partial charge in [0, 0.05) is 67.1 Å². The van der Waals surface area contributed by atoms with Crippen LogP contribution in [0, 0.1) is 0 Å². The van der Waals surface area contributed by atoms with Crippen LogP contribution < -0.4 is 4.90 Å². The van der Waals surface area contributed by atoms with Gasteiger partial charge in [0.25, 0.3) is 0 Å². The third-order valence-electron chi connectivity index (χ3n) is 13.4. The zero-order valence-electron chi connectivity index (χ0n) is 38.0. The highest BCUT2D eigenvalue weighted by molar-refractivity contribution is 9.10. The van der Waals surface area contributed by atoms with E-state index in [1.54, 1.807) is 11.8 Å². The first kappa shape index (κ1) is 46.5. The molecular formula is C53H54Br2N6O3S2. The maximum Gasteiger partial charge on any atom is 0.218 e. The molecule has 2 aliphatic heterocycles. The van der Waals surface area contributed by atoms with Gasteiger partial charge in [0.2, 0.25) is 10.8 Å². The van der Waals surface area contributed by atoms with Gasteiger partial charge in [0.15, 0.2) is 5.71 Å². The molecule has 9 rings (SSSR count). The normalized spacial score (nSPS) is 18.0. The van der Waals surface area contributed by atoms with Gasteiger partial charge in [-0.25, -0.2) is 8.42 Å². The number of benzene rings is 5. The number of rotatable bonds is 15. The number of fused-ring (bicyclic) bond motifs is 6. The molecule has 66 heavy (non-hydrogen) atoms. The molecule has 0 amide bonds. The Balaban J connectivity index is 1.15. The highest BCUT2D eigenvalue weighted by Gasteiger charge is 2.46. The number of hydrogen-bond donors (Lipinski definition) is 0. The minimum absolute atomic E-state index is 0.247. The Hall–Kier alpha value is -4.66. The Bertz CT molecular complexity index is 3150. The fourth-order valence-electron chi connectivity index (χ4n) is 10.3. The fourth-order valence-corrected chi connectivity index (χ4v) is 12.7. The van der Waals surface area contributed by atoms with Crippen molar-refractivity contribution in [2.24, 2.45) is 0 Å². The van der Waals surface area contributed by atoms with Crippen LogP contribution in [0.2, 0.25) is 0 Å². The number of anilines is 1. The Labute approximate surface area is 409 Å². The topological polar surface area (TPSA) is 107 Å². The third-order valence-corrected chi connectivity index (χ3v) is 16.3. The van der Waals surface area contributed by atoms with E-state index in [9.17, 15) is 13.0 Å². The SMILES string of the molecule is CCCCC[N+]1=C(/C=C/C2=C(Sc3nnnn3-c3ccccc3)C(=C/C=C3/N(CCCCS(=O)(=O)[O-])c4ccc5cc(Br)ccc5c4C3(C)C)/CC2)C(C)(C)c2c1ccc1cc(Br)ccc21. The second-order valence-corrected chi connectivity index (χ2v) is 22.8. The second kappa shape index (κ2) is 18.8. The van der Waals surface area contributed by atoms with Gasteiger partial charge in [-0.05, 0) is 161 Å². The first-order valence-electron chi connectivity index (χ1n) is 22.8. The summed E-state index contributed by atoms with van der Waals surface area (Å²) in [7, 11) is -4.31. The van der Waals surface area contributed by atoms with E-state index in [0.29, 0.717) is 24.5 Å². The highest BCUT2D eigenvalue weighted by Crippen LogP contribution is 2.52. The van der Waals surface area contributed by atoms with E-state index in [4.69, 9.17) is 0 Å². The quantitative estimate of drug-likeness (QED) is 0.0569. The van der Waals surface area contributed by atoms with Crippen LogP contribution in [0.4, 0.5) is 11.4 Å². The predicted molar refractivity (Wildman–Crippen MR) is 276 cm³/mol. The van der Waals surface area contributed by atoms with Crippen molar-refractivity contribution in [1.82, 2.24) is 20.2 Å². The molecule has 0 unspecified atom stereocenters. The summed E-state index contributed by atoms with van der Waals surface area (Å²) in [5, 5.41) is 18.7. The zero-order chi connectivity index (χ0) is 46.4. The van der Waals surface area contributed by atoms with Crippen molar-refractivity contribution in [2.45, 2.75) is 95.6 Å². The van der Waals surface area contributed by atoms with Crippen molar-refractivity contribution in [3.63, 3.8) is 0 Å². The van der Waals surface area contributed by atoms with Crippen molar-refractivity contribution in [3.05, 3.63) is 157 Å². The van der Waals surface area contributed by atoms with E-state index in [-0.39, 0.29) is 16.6 Å². The highest BCUT2D eigenvalue weighted by atomic mass is 79.9. The van der Waals surface area contributed by atoms with Crippen molar-refractivity contribution in [2.75, 3.05) is 23.7 Å². The number of halogens is 2. The Morgan fingerprint density at radius 2 is 1.52 bits per heavy atom. The van der Waals surface area contributed by atoms with Gasteiger partial charge < -0.3 is 9.45 Å². The largest absolute Gasteiger partial charge is 0.748 e. The summed E-state index contributed by atoms with van der Waals surface area (Å²) in [5.74, 6) is -0.371. The molecule has 1 aliphatic carbocycles. The molecule has 0 bridgehead atoms. The maximum absolute atomic E-state index is 11.6. The van der Waals surface area contributed by atoms with Crippen LogP contribution in [0.5, 0.6) is 0 Å². The number of nitrogens with zero attached hydrogens (tertiary/aromatic N) is 6. The van der Waals surface area contributed by atoms with Crippen LogP contribution in [0.1, 0.15) is 90.7 Å². The Kier molecular flexibility index (Phi) is 13.2. The predicted octanol–water partition coefficient (Wildman–Crippen LogP) is 13.4. The molecule has 340 valence electrons. The molecule has 9 nitrogen and oxygen atoms in total. The molecule has 0 radical (unpaired) electrons. The smallest absolute Gasteiger partial charge is 0.218 e. The summed E-state index contributed by atoms with van der Waals surface area (Å²) in [6.45, 7) is 13.1. The van der Waals surface area contributed by atoms with Crippen molar-refractivity contribution >= 4 is 92.4 Å². The average Bonchev–Trinajstić information content (AvgIpc) is 4.01. The molecular weight excluding hydrogens is 993 g/mol. The molecule has 1 aromatic heterocycles. The molecule has 0 saturated heterocycles. The number of unbranched alkanes of at least 4 members (excludes halogenated alkanes) is 3. The summed E-state index contributed by atoms with van der Waals surface area (Å²) >= 11 is 8.98. The number of hydrogen-bond acceptors (Lipinski definition) is 8. The van der Waals surface area contributed by atoms with Crippen LogP contribution in [0.15, 0.2) is 151 Å². The van der Waals surface area contributed by atoms with E-state index in [2.05, 4.69) is 176 Å².